The summed E-state index contributed by atoms with van der Waals surface area (Å²) >= 11 is 0. The van der Waals surface area contributed by atoms with E-state index in [9.17, 15) is 5.11 Å². The maximum Gasteiger partial charge on any atom is 0.231 e. The number of rotatable bonds is 6. The summed E-state index contributed by atoms with van der Waals surface area (Å²) in [6.45, 7) is 9.16. The van der Waals surface area contributed by atoms with Gasteiger partial charge < -0.3 is 19.3 Å². The molecule has 0 aromatic heterocycles. The maximum absolute atomic E-state index is 9.76. The van der Waals surface area contributed by atoms with E-state index < -0.39 is 0 Å². The second kappa shape index (κ2) is 9.69. The Labute approximate surface area is 190 Å². The Kier molecular flexibility index (Phi) is 6.53. The Morgan fingerprint density at radius 1 is 0.906 bits per heavy atom. The molecular formula is C26H34N2O4. The van der Waals surface area contributed by atoms with Gasteiger partial charge in [-0.2, -0.15) is 0 Å². The van der Waals surface area contributed by atoms with E-state index in [4.69, 9.17) is 14.2 Å². The van der Waals surface area contributed by atoms with E-state index in [1.54, 1.807) is 0 Å². The van der Waals surface area contributed by atoms with Gasteiger partial charge in [-0.1, -0.05) is 19.1 Å². The molecule has 32 heavy (non-hydrogen) atoms. The molecule has 0 amide bonds. The second-order valence-electron chi connectivity index (χ2n) is 9.53. The molecule has 1 unspecified atom stereocenters. The molecule has 3 aliphatic heterocycles. The van der Waals surface area contributed by atoms with Crippen LogP contribution in [0.1, 0.15) is 36.5 Å². The third kappa shape index (κ3) is 5.20. The summed E-state index contributed by atoms with van der Waals surface area (Å²) < 4.78 is 17.0. The van der Waals surface area contributed by atoms with Crippen LogP contribution in [-0.2, 0) is 19.5 Å². The largest absolute Gasteiger partial charge is 0.492 e. The van der Waals surface area contributed by atoms with Gasteiger partial charge in [-0.15, -0.1) is 0 Å². The first kappa shape index (κ1) is 21.6. The molecule has 6 heteroatoms. The summed E-state index contributed by atoms with van der Waals surface area (Å²) in [5.74, 6) is 3.26. The fraction of sp³-hybridized carbons (Fsp3) is 0.538. The van der Waals surface area contributed by atoms with Crippen molar-refractivity contribution in [2.45, 2.75) is 45.4 Å². The Morgan fingerprint density at radius 2 is 1.69 bits per heavy atom. The molecule has 0 spiro atoms. The molecule has 2 aromatic rings. The second-order valence-corrected chi connectivity index (χ2v) is 9.53. The van der Waals surface area contributed by atoms with Gasteiger partial charge in [0.15, 0.2) is 11.5 Å². The topological polar surface area (TPSA) is 54.4 Å². The van der Waals surface area contributed by atoms with Crippen molar-refractivity contribution in [2.75, 3.05) is 39.6 Å². The van der Waals surface area contributed by atoms with Gasteiger partial charge in [0.2, 0.25) is 6.79 Å². The molecule has 0 aliphatic carbocycles. The molecule has 2 aromatic carbocycles. The van der Waals surface area contributed by atoms with Crippen molar-refractivity contribution >= 4 is 0 Å². The van der Waals surface area contributed by atoms with Crippen molar-refractivity contribution in [3.63, 3.8) is 0 Å². The Balaban J connectivity index is 1.19. The van der Waals surface area contributed by atoms with Gasteiger partial charge in [0.1, 0.15) is 12.4 Å². The van der Waals surface area contributed by atoms with Crippen LogP contribution in [0.2, 0.25) is 0 Å². The summed E-state index contributed by atoms with van der Waals surface area (Å²) in [5, 5.41) is 9.76. The summed E-state index contributed by atoms with van der Waals surface area (Å²) in [4.78, 5) is 4.96. The molecule has 3 aliphatic rings. The molecule has 172 valence electrons. The maximum atomic E-state index is 9.76. The van der Waals surface area contributed by atoms with Crippen molar-refractivity contribution in [3.8, 4) is 17.2 Å². The molecule has 1 saturated heterocycles. The van der Waals surface area contributed by atoms with Gasteiger partial charge in [0, 0.05) is 44.8 Å². The van der Waals surface area contributed by atoms with E-state index in [0.717, 1.165) is 82.4 Å². The number of aliphatic hydroxyl groups is 1. The fourth-order valence-corrected chi connectivity index (χ4v) is 5.07. The fourth-order valence-electron chi connectivity index (χ4n) is 5.07. The molecule has 1 fully saturated rings. The smallest absolute Gasteiger partial charge is 0.231 e. The quantitative estimate of drug-likeness (QED) is 0.746. The van der Waals surface area contributed by atoms with E-state index in [-0.39, 0.29) is 6.10 Å². The predicted molar refractivity (Wildman–Crippen MR) is 123 cm³/mol. The van der Waals surface area contributed by atoms with Gasteiger partial charge in [-0.3, -0.25) is 9.80 Å². The Hall–Kier alpha value is -2.28. The zero-order valence-electron chi connectivity index (χ0n) is 19.0. The molecule has 6 nitrogen and oxygen atoms in total. The molecule has 0 radical (unpaired) electrons. The van der Waals surface area contributed by atoms with Crippen LogP contribution in [0.4, 0.5) is 0 Å². The first-order valence-corrected chi connectivity index (χ1v) is 11.9. The normalized spacial score (nSPS) is 20.4. The number of likely N-dealkylation sites (tertiary alicyclic amines) is 1. The average Bonchev–Trinajstić information content (AvgIpc) is 3.15. The van der Waals surface area contributed by atoms with Crippen LogP contribution in [0, 0.1) is 5.92 Å². The molecule has 5 rings (SSSR count). The number of nitrogens with zero attached hydrogens (tertiary/aromatic N) is 2. The van der Waals surface area contributed by atoms with Crippen LogP contribution in [0.5, 0.6) is 17.2 Å². The third-order valence-electron chi connectivity index (χ3n) is 6.74. The summed E-state index contributed by atoms with van der Waals surface area (Å²) in [6, 6.07) is 12.9. The van der Waals surface area contributed by atoms with Crippen molar-refractivity contribution < 1.29 is 19.3 Å². The lowest BCUT2D eigenvalue weighted by Gasteiger charge is -2.29. The predicted octanol–water partition coefficient (Wildman–Crippen LogP) is 3.45. The Bertz CT molecular complexity index is 926. The summed E-state index contributed by atoms with van der Waals surface area (Å²) in [6.07, 6.45) is 2.65. The van der Waals surface area contributed by atoms with Crippen LogP contribution in [0.15, 0.2) is 36.4 Å². The average molecular weight is 439 g/mol. The lowest BCUT2D eigenvalue weighted by Crippen LogP contribution is -2.35. The number of ether oxygens (including phenoxy) is 3. The van der Waals surface area contributed by atoms with Gasteiger partial charge in [0.25, 0.3) is 0 Å². The van der Waals surface area contributed by atoms with E-state index in [0.29, 0.717) is 12.7 Å². The molecule has 0 saturated carbocycles. The number of hydrogen-bond acceptors (Lipinski definition) is 6. The number of benzene rings is 2. The SMILES string of the molecule is CC(Cc1ccc2c(c1)OCO2)CN1CCOc2ccc(CN3CCC(O)CC3)cc2C1. The molecule has 3 heterocycles. The molecule has 1 N–H and O–H groups in total. The van der Waals surface area contributed by atoms with Crippen LogP contribution >= 0.6 is 0 Å². The lowest BCUT2D eigenvalue weighted by atomic mass is 9.99. The minimum atomic E-state index is -0.125. The number of fused-ring (bicyclic) bond motifs is 2. The highest BCUT2D eigenvalue weighted by molar-refractivity contribution is 5.44. The first-order valence-electron chi connectivity index (χ1n) is 11.9. The van der Waals surface area contributed by atoms with Crippen molar-refractivity contribution in [1.29, 1.82) is 0 Å². The number of aliphatic hydroxyl groups excluding tert-OH is 1. The van der Waals surface area contributed by atoms with Gasteiger partial charge in [-0.25, -0.2) is 0 Å². The highest BCUT2D eigenvalue weighted by atomic mass is 16.7. The van der Waals surface area contributed by atoms with E-state index in [1.165, 1.54) is 16.7 Å². The zero-order valence-corrected chi connectivity index (χ0v) is 19.0. The molecular weight excluding hydrogens is 404 g/mol. The lowest BCUT2D eigenvalue weighted by molar-refractivity contribution is 0.0792. The molecule has 0 bridgehead atoms. The van der Waals surface area contributed by atoms with Crippen LogP contribution < -0.4 is 14.2 Å². The van der Waals surface area contributed by atoms with Crippen LogP contribution in [0.3, 0.4) is 0 Å². The highest BCUT2D eigenvalue weighted by Gasteiger charge is 2.21. The molecule has 1 atom stereocenters. The summed E-state index contributed by atoms with van der Waals surface area (Å²) in [7, 11) is 0. The zero-order chi connectivity index (χ0) is 21.9. The van der Waals surface area contributed by atoms with Crippen LogP contribution in [0.25, 0.3) is 0 Å². The Morgan fingerprint density at radius 3 is 2.56 bits per heavy atom. The monoisotopic (exact) mass is 438 g/mol. The minimum Gasteiger partial charge on any atom is -0.492 e. The minimum absolute atomic E-state index is 0.125. The first-order chi connectivity index (χ1) is 15.6. The van der Waals surface area contributed by atoms with Gasteiger partial charge >= 0.3 is 0 Å². The van der Waals surface area contributed by atoms with Gasteiger partial charge in [-0.05, 0) is 60.6 Å². The van der Waals surface area contributed by atoms with Crippen molar-refractivity contribution in [2.24, 2.45) is 5.92 Å². The van der Waals surface area contributed by atoms with Crippen molar-refractivity contribution in [3.05, 3.63) is 53.1 Å². The number of hydrogen-bond donors (Lipinski definition) is 1. The van der Waals surface area contributed by atoms with E-state index in [2.05, 4.69) is 47.1 Å². The van der Waals surface area contributed by atoms with E-state index in [1.807, 2.05) is 6.07 Å². The highest BCUT2D eigenvalue weighted by Crippen LogP contribution is 2.33. The van der Waals surface area contributed by atoms with Gasteiger partial charge in [0.05, 0.1) is 6.10 Å². The standard InChI is InChI=1S/C26H34N2O4/c1-19(12-20-2-5-25-26(14-20)32-18-31-25)15-28-10-11-30-24-4-3-21(13-22(24)17-28)16-27-8-6-23(29)7-9-27/h2-5,13-14,19,23,29H,6-12,15-18H2,1H3. The van der Waals surface area contributed by atoms with E-state index >= 15 is 0 Å². The number of piperidine rings is 1. The van der Waals surface area contributed by atoms with Crippen molar-refractivity contribution in [1.82, 2.24) is 9.80 Å². The summed E-state index contributed by atoms with van der Waals surface area (Å²) in [5.41, 5.74) is 3.91. The third-order valence-corrected chi connectivity index (χ3v) is 6.74. The van der Waals surface area contributed by atoms with Crippen LogP contribution in [-0.4, -0.2) is 60.6 Å².